The van der Waals surface area contributed by atoms with Crippen LogP contribution in [0.2, 0.25) is 5.02 Å². The molecule has 1 amide bonds. The minimum Gasteiger partial charge on any atom is -0.481 e. The lowest BCUT2D eigenvalue weighted by atomic mass is 10.0. The van der Waals surface area contributed by atoms with Gasteiger partial charge in [-0.05, 0) is 68.9 Å². The molecule has 9 heteroatoms. The van der Waals surface area contributed by atoms with Gasteiger partial charge in [0.05, 0.1) is 6.42 Å². The molecule has 2 heterocycles. The van der Waals surface area contributed by atoms with Gasteiger partial charge in [0.25, 0.3) is 5.91 Å². The van der Waals surface area contributed by atoms with Crippen LogP contribution in [0, 0.1) is 0 Å². The molecule has 3 aromatic rings. The first-order valence-corrected chi connectivity index (χ1v) is 11.8. The molecule has 0 saturated carbocycles. The molecule has 1 saturated heterocycles. The lowest BCUT2D eigenvalue weighted by molar-refractivity contribution is -0.136. The Morgan fingerprint density at radius 1 is 1.14 bits per heavy atom. The number of halogens is 1. The second-order valence-electron chi connectivity index (χ2n) is 8.96. The van der Waals surface area contributed by atoms with Crippen LogP contribution >= 0.6 is 11.6 Å². The molecule has 0 aliphatic carbocycles. The van der Waals surface area contributed by atoms with E-state index in [-0.39, 0.29) is 18.4 Å². The Morgan fingerprint density at radius 2 is 1.86 bits per heavy atom. The molecule has 1 aliphatic rings. The molecular weight excluding hydrogens is 466 g/mol. The Labute approximate surface area is 209 Å². The van der Waals surface area contributed by atoms with E-state index in [0.29, 0.717) is 33.7 Å². The van der Waals surface area contributed by atoms with E-state index in [2.05, 4.69) is 39.2 Å². The van der Waals surface area contributed by atoms with Crippen molar-refractivity contribution in [2.24, 2.45) is 0 Å². The molecule has 182 valence electrons. The van der Waals surface area contributed by atoms with E-state index in [9.17, 15) is 14.7 Å². The average Bonchev–Trinajstić information content (AvgIpc) is 3.24. The number of carbonyl (C=O) groups is 2. The second-order valence-corrected chi connectivity index (χ2v) is 9.40. The molecular formula is C26H28ClN5O3. The Balaban J connectivity index is 1.49. The third-order valence-corrected chi connectivity index (χ3v) is 6.54. The van der Waals surface area contributed by atoms with Gasteiger partial charge in [0, 0.05) is 46.7 Å². The van der Waals surface area contributed by atoms with Crippen LogP contribution in [-0.4, -0.2) is 64.6 Å². The summed E-state index contributed by atoms with van der Waals surface area (Å²) in [7, 11) is 4.11. The van der Waals surface area contributed by atoms with E-state index in [1.54, 1.807) is 30.5 Å². The highest BCUT2D eigenvalue weighted by Crippen LogP contribution is 2.31. The predicted molar refractivity (Wildman–Crippen MR) is 136 cm³/mol. The molecule has 2 atom stereocenters. The Hall–Kier alpha value is -3.49. The maximum Gasteiger partial charge on any atom is 0.308 e. The smallest absolute Gasteiger partial charge is 0.308 e. The van der Waals surface area contributed by atoms with Gasteiger partial charge in [-0.25, -0.2) is 9.97 Å². The zero-order valence-corrected chi connectivity index (χ0v) is 20.4. The highest BCUT2D eigenvalue weighted by molar-refractivity contribution is 6.30. The van der Waals surface area contributed by atoms with Crippen molar-refractivity contribution in [1.29, 1.82) is 0 Å². The summed E-state index contributed by atoms with van der Waals surface area (Å²) in [6.07, 6.45) is 4.65. The van der Waals surface area contributed by atoms with Gasteiger partial charge < -0.3 is 20.2 Å². The number of carbonyl (C=O) groups excluding carboxylic acids is 1. The third kappa shape index (κ3) is 6.15. The number of nitrogens with zero attached hydrogens (tertiary/aromatic N) is 4. The Morgan fingerprint density at radius 3 is 2.51 bits per heavy atom. The fourth-order valence-electron chi connectivity index (χ4n) is 4.42. The zero-order valence-electron chi connectivity index (χ0n) is 19.7. The van der Waals surface area contributed by atoms with Gasteiger partial charge in [-0.15, -0.1) is 0 Å². The van der Waals surface area contributed by atoms with E-state index >= 15 is 0 Å². The number of benzene rings is 2. The van der Waals surface area contributed by atoms with Crippen LogP contribution in [0.5, 0.6) is 0 Å². The molecule has 0 radical (unpaired) electrons. The second kappa shape index (κ2) is 10.8. The van der Waals surface area contributed by atoms with Gasteiger partial charge in [-0.1, -0.05) is 23.7 Å². The van der Waals surface area contributed by atoms with Crippen molar-refractivity contribution in [2.45, 2.75) is 31.3 Å². The number of nitrogens with one attached hydrogen (secondary N) is 1. The van der Waals surface area contributed by atoms with Crippen LogP contribution in [0.3, 0.4) is 0 Å². The number of anilines is 2. The van der Waals surface area contributed by atoms with E-state index in [1.807, 2.05) is 24.3 Å². The maximum absolute atomic E-state index is 12.5. The number of rotatable bonds is 8. The summed E-state index contributed by atoms with van der Waals surface area (Å²) in [4.78, 5) is 36.8. The summed E-state index contributed by atoms with van der Waals surface area (Å²) in [5, 5.41) is 12.8. The summed E-state index contributed by atoms with van der Waals surface area (Å²) >= 11 is 5.90. The summed E-state index contributed by atoms with van der Waals surface area (Å²) in [6.45, 7) is 0.760. The number of aromatic nitrogens is 2. The van der Waals surface area contributed by atoms with Crippen molar-refractivity contribution < 1.29 is 14.7 Å². The molecule has 0 bridgehead atoms. The quantitative estimate of drug-likeness (QED) is 0.493. The van der Waals surface area contributed by atoms with Crippen molar-refractivity contribution in [3.63, 3.8) is 0 Å². The Kier molecular flexibility index (Phi) is 7.63. The van der Waals surface area contributed by atoms with Crippen LogP contribution < -0.4 is 10.2 Å². The fraction of sp³-hybridized carbons (Fsp3) is 0.308. The van der Waals surface area contributed by atoms with E-state index in [1.165, 1.54) is 6.33 Å². The zero-order chi connectivity index (χ0) is 24.9. The Bertz CT molecular complexity index is 1180. The van der Waals surface area contributed by atoms with Crippen molar-refractivity contribution >= 4 is 35.0 Å². The number of hydrogen-bond acceptors (Lipinski definition) is 6. The van der Waals surface area contributed by atoms with Gasteiger partial charge in [0.1, 0.15) is 12.1 Å². The topological polar surface area (TPSA) is 98.7 Å². The molecule has 35 heavy (non-hydrogen) atoms. The minimum atomic E-state index is -0.905. The molecule has 1 aliphatic heterocycles. The molecule has 2 unspecified atom stereocenters. The monoisotopic (exact) mass is 493 g/mol. The molecule has 1 aromatic heterocycles. The van der Waals surface area contributed by atoms with Crippen molar-refractivity contribution in [1.82, 2.24) is 14.9 Å². The molecule has 4 rings (SSSR count). The van der Waals surface area contributed by atoms with Crippen LogP contribution in [0.4, 0.5) is 11.5 Å². The number of likely N-dealkylation sites (N-methyl/N-ethyl adjacent to an activating group) is 1. The lowest BCUT2D eigenvalue weighted by Crippen LogP contribution is -2.35. The first-order chi connectivity index (χ1) is 16.8. The first kappa shape index (κ1) is 24.6. The number of carboxylic acids is 1. The largest absolute Gasteiger partial charge is 0.481 e. The molecule has 0 spiro atoms. The highest BCUT2D eigenvalue weighted by atomic mass is 35.5. The van der Waals surface area contributed by atoms with Gasteiger partial charge in [0.15, 0.2) is 0 Å². The molecule has 2 aromatic carbocycles. The van der Waals surface area contributed by atoms with Gasteiger partial charge in [-0.2, -0.15) is 0 Å². The normalized spacial score (nSPS) is 17.5. The number of carboxylic acid groups (broad SMARTS) is 1. The number of aliphatic carboxylic acids is 1. The van der Waals surface area contributed by atoms with E-state index < -0.39 is 5.97 Å². The summed E-state index contributed by atoms with van der Waals surface area (Å²) in [6, 6.07) is 15.0. The number of hydrogen-bond donors (Lipinski definition) is 2. The SMILES string of the molecule is CN(C)C1CC(Cc2ccc(NC(=O)c3ccc(Cl)cc3)cc2)N(c2ncncc2CC(=O)O)C1. The number of amides is 1. The summed E-state index contributed by atoms with van der Waals surface area (Å²) < 4.78 is 0. The molecule has 8 nitrogen and oxygen atoms in total. The molecule has 2 N–H and O–H groups in total. The third-order valence-electron chi connectivity index (χ3n) is 6.29. The van der Waals surface area contributed by atoms with Crippen LogP contribution in [0.15, 0.2) is 61.1 Å². The van der Waals surface area contributed by atoms with E-state index in [0.717, 1.165) is 24.9 Å². The van der Waals surface area contributed by atoms with Gasteiger partial charge in [-0.3, -0.25) is 9.59 Å². The maximum atomic E-state index is 12.5. The fourth-order valence-corrected chi connectivity index (χ4v) is 4.54. The highest BCUT2D eigenvalue weighted by Gasteiger charge is 2.35. The van der Waals surface area contributed by atoms with Crippen molar-refractivity contribution in [2.75, 3.05) is 30.9 Å². The van der Waals surface area contributed by atoms with Gasteiger partial charge >= 0.3 is 5.97 Å². The molecule has 1 fully saturated rings. The van der Waals surface area contributed by atoms with Crippen LogP contribution in [0.1, 0.15) is 27.9 Å². The summed E-state index contributed by atoms with van der Waals surface area (Å²) in [5.41, 5.74) is 2.99. The van der Waals surface area contributed by atoms with Gasteiger partial charge in [0.2, 0.25) is 0 Å². The standard InChI is InChI=1S/C26H28ClN5O3/c1-31(2)23-13-22(32(15-23)25-19(12-24(33)34)14-28-16-29-25)11-17-3-9-21(10-4-17)30-26(35)18-5-7-20(27)8-6-18/h3-10,14,16,22-23H,11-13,15H2,1-2H3,(H,30,35)(H,33,34). The van der Waals surface area contributed by atoms with Crippen molar-refractivity contribution in [3.05, 3.63) is 82.8 Å². The minimum absolute atomic E-state index is 0.117. The summed E-state index contributed by atoms with van der Waals surface area (Å²) in [5.74, 6) is -0.416. The van der Waals surface area contributed by atoms with Crippen LogP contribution in [-0.2, 0) is 17.6 Å². The first-order valence-electron chi connectivity index (χ1n) is 11.4. The average molecular weight is 494 g/mol. The predicted octanol–water partition coefficient (Wildman–Crippen LogP) is 3.76. The van der Waals surface area contributed by atoms with Crippen molar-refractivity contribution in [3.8, 4) is 0 Å². The van der Waals surface area contributed by atoms with E-state index in [4.69, 9.17) is 11.6 Å². The van der Waals surface area contributed by atoms with Crippen LogP contribution in [0.25, 0.3) is 0 Å². The lowest BCUT2D eigenvalue weighted by Gasteiger charge is -2.27.